The molecule has 4 aliphatic rings. The number of hydrogen-bond acceptors (Lipinski definition) is 11. The van der Waals surface area contributed by atoms with Crippen LogP contribution < -0.4 is 0 Å². The third-order valence-corrected chi connectivity index (χ3v) is 6.30. The van der Waals surface area contributed by atoms with Crippen LogP contribution in [-0.4, -0.2) is 88.7 Å². The van der Waals surface area contributed by atoms with Crippen LogP contribution in [0.3, 0.4) is 0 Å². The van der Waals surface area contributed by atoms with Gasteiger partial charge in [-0.1, -0.05) is 13.0 Å². The number of carbonyl (C=O) groups is 2. The maximum Gasteiger partial charge on any atom is 0.337 e. The zero-order valence-electron chi connectivity index (χ0n) is 17.5. The summed E-state index contributed by atoms with van der Waals surface area (Å²) in [4.78, 5) is 24.6. The molecule has 1 saturated heterocycles. The Hall–Kier alpha value is -2.28. The Morgan fingerprint density at radius 2 is 1.94 bits per heavy atom. The maximum atomic E-state index is 12.4. The summed E-state index contributed by atoms with van der Waals surface area (Å²) in [5.41, 5.74) is -0.621. The molecule has 3 aliphatic heterocycles. The number of methoxy groups -OCH3 is 1. The van der Waals surface area contributed by atoms with Crippen molar-refractivity contribution in [3.05, 3.63) is 35.6 Å². The molecule has 0 aromatic rings. The summed E-state index contributed by atoms with van der Waals surface area (Å²) in [6.45, 7) is 1.18. The van der Waals surface area contributed by atoms with Crippen LogP contribution in [0.2, 0.25) is 0 Å². The van der Waals surface area contributed by atoms with Gasteiger partial charge < -0.3 is 44.1 Å². The van der Waals surface area contributed by atoms with Crippen LogP contribution in [0.15, 0.2) is 35.6 Å². The van der Waals surface area contributed by atoms with Crippen molar-refractivity contribution < 1.29 is 53.7 Å². The van der Waals surface area contributed by atoms with Crippen molar-refractivity contribution in [2.24, 2.45) is 11.8 Å². The van der Waals surface area contributed by atoms with E-state index < -0.39 is 73.0 Å². The fourth-order valence-electron chi connectivity index (χ4n) is 4.56. The van der Waals surface area contributed by atoms with Crippen molar-refractivity contribution in [1.82, 2.24) is 0 Å². The van der Waals surface area contributed by atoms with E-state index in [0.29, 0.717) is 12.0 Å². The van der Waals surface area contributed by atoms with Gasteiger partial charge in [0.2, 0.25) is 6.29 Å². The molecule has 176 valence electrons. The van der Waals surface area contributed by atoms with Gasteiger partial charge in [0.05, 0.1) is 31.5 Å². The number of allylic oxidation sites excluding steroid dienone is 1. The number of carbonyl (C=O) groups excluding carboxylic acids is 2. The van der Waals surface area contributed by atoms with E-state index in [1.807, 2.05) is 0 Å². The molecule has 11 heteroatoms. The van der Waals surface area contributed by atoms with Gasteiger partial charge in [0, 0.05) is 11.5 Å². The largest absolute Gasteiger partial charge is 0.471 e. The van der Waals surface area contributed by atoms with Crippen molar-refractivity contribution >= 4 is 11.9 Å². The van der Waals surface area contributed by atoms with Crippen LogP contribution in [0.25, 0.3) is 0 Å². The molecule has 1 aliphatic carbocycles. The summed E-state index contributed by atoms with van der Waals surface area (Å²) in [6, 6.07) is 0. The topological polar surface area (TPSA) is 161 Å². The van der Waals surface area contributed by atoms with E-state index in [-0.39, 0.29) is 5.57 Å². The zero-order valence-corrected chi connectivity index (χ0v) is 17.5. The predicted octanol–water partition coefficient (Wildman–Crippen LogP) is -1.35. The molecule has 4 N–H and O–H groups in total. The lowest BCUT2D eigenvalue weighted by molar-refractivity contribution is -0.344. The molecule has 9 atom stereocenters. The van der Waals surface area contributed by atoms with Crippen LogP contribution >= 0.6 is 0 Å². The second kappa shape index (κ2) is 8.58. The van der Waals surface area contributed by atoms with Crippen LogP contribution in [0.5, 0.6) is 0 Å². The van der Waals surface area contributed by atoms with Gasteiger partial charge in [-0.15, -0.1) is 0 Å². The maximum absolute atomic E-state index is 12.4. The Bertz CT molecular complexity index is 862. The second-order valence-electron chi connectivity index (χ2n) is 8.08. The Kier molecular flexibility index (Phi) is 6.14. The molecule has 0 aromatic carbocycles. The van der Waals surface area contributed by atoms with Gasteiger partial charge in [-0.2, -0.15) is 0 Å². The molecule has 0 saturated carbocycles. The van der Waals surface area contributed by atoms with Gasteiger partial charge in [0.25, 0.3) is 0 Å². The van der Waals surface area contributed by atoms with E-state index in [1.165, 1.54) is 13.4 Å². The highest BCUT2D eigenvalue weighted by Gasteiger charge is 2.59. The lowest BCUT2D eigenvalue weighted by Crippen LogP contribution is -2.60. The summed E-state index contributed by atoms with van der Waals surface area (Å²) in [5, 5.41) is 39.8. The van der Waals surface area contributed by atoms with Crippen molar-refractivity contribution in [2.75, 3.05) is 13.7 Å². The van der Waals surface area contributed by atoms with Crippen LogP contribution in [-0.2, 0) is 33.3 Å². The molecular weight excluding hydrogens is 428 g/mol. The predicted molar refractivity (Wildman–Crippen MR) is 103 cm³/mol. The summed E-state index contributed by atoms with van der Waals surface area (Å²) < 4.78 is 27.4. The van der Waals surface area contributed by atoms with E-state index in [1.54, 1.807) is 25.2 Å². The molecule has 0 amide bonds. The molecule has 4 rings (SSSR count). The van der Waals surface area contributed by atoms with Gasteiger partial charge in [0.1, 0.15) is 24.4 Å². The van der Waals surface area contributed by atoms with Crippen LogP contribution in [0, 0.1) is 11.8 Å². The first-order valence-electron chi connectivity index (χ1n) is 10.3. The molecule has 32 heavy (non-hydrogen) atoms. The Balaban J connectivity index is 1.66. The van der Waals surface area contributed by atoms with Gasteiger partial charge in [-0.05, 0) is 18.6 Å². The number of aliphatic hydroxyl groups excluding tert-OH is 4. The normalized spacial score (nSPS) is 42.8. The Labute approximate surface area is 183 Å². The van der Waals surface area contributed by atoms with E-state index in [4.69, 9.17) is 23.7 Å². The highest BCUT2D eigenvalue weighted by Crippen LogP contribution is 2.50. The number of esters is 2. The van der Waals surface area contributed by atoms with E-state index in [9.17, 15) is 30.0 Å². The molecule has 0 radical (unpaired) electrons. The number of ether oxygens (including phenoxy) is 5. The Morgan fingerprint density at radius 3 is 2.56 bits per heavy atom. The summed E-state index contributed by atoms with van der Waals surface area (Å²) in [5.74, 6) is -2.51. The molecule has 9 unspecified atom stereocenters. The molecular formula is C21H26O11. The minimum atomic E-state index is -1.65. The fourth-order valence-corrected chi connectivity index (χ4v) is 4.56. The number of hydrogen-bond donors (Lipinski definition) is 4. The molecule has 3 heterocycles. The van der Waals surface area contributed by atoms with E-state index in [0.717, 1.165) is 0 Å². The first-order chi connectivity index (χ1) is 15.3. The molecule has 0 bridgehead atoms. The van der Waals surface area contributed by atoms with Crippen molar-refractivity contribution in [1.29, 1.82) is 0 Å². The first kappa shape index (κ1) is 22.9. The lowest BCUT2D eigenvalue weighted by Gasteiger charge is -2.44. The van der Waals surface area contributed by atoms with E-state index >= 15 is 0 Å². The first-order valence-corrected chi connectivity index (χ1v) is 10.3. The number of rotatable bonds is 5. The van der Waals surface area contributed by atoms with Gasteiger partial charge in [0.15, 0.2) is 11.9 Å². The van der Waals surface area contributed by atoms with Gasteiger partial charge in [-0.3, -0.25) is 0 Å². The quantitative estimate of drug-likeness (QED) is 0.287. The van der Waals surface area contributed by atoms with Crippen molar-refractivity contribution in [3.63, 3.8) is 0 Å². The lowest BCUT2D eigenvalue weighted by atomic mass is 9.79. The molecule has 0 aromatic heterocycles. The summed E-state index contributed by atoms with van der Waals surface area (Å²) in [6.07, 6.45) is -2.08. The average molecular weight is 454 g/mol. The van der Waals surface area contributed by atoms with Crippen molar-refractivity contribution in [2.45, 2.75) is 55.9 Å². The third kappa shape index (κ3) is 3.54. The summed E-state index contributed by atoms with van der Waals surface area (Å²) in [7, 11) is 1.23. The fraction of sp³-hybridized carbons (Fsp3) is 0.619. The SMILES string of the molecule is CCC1=CC2(C=CC3C(C(=O)OC)=COC(OC4OC(CO)C(O)C(O)C4O)C32)OC1=O. The summed E-state index contributed by atoms with van der Waals surface area (Å²) >= 11 is 0. The highest BCUT2D eigenvalue weighted by atomic mass is 16.8. The van der Waals surface area contributed by atoms with Gasteiger partial charge in [-0.25, -0.2) is 9.59 Å². The Morgan fingerprint density at radius 1 is 1.19 bits per heavy atom. The highest BCUT2D eigenvalue weighted by molar-refractivity contribution is 5.93. The van der Waals surface area contributed by atoms with Crippen LogP contribution in [0.4, 0.5) is 0 Å². The van der Waals surface area contributed by atoms with Crippen LogP contribution in [0.1, 0.15) is 13.3 Å². The number of fused-ring (bicyclic) bond motifs is 2. The molecule has 1 fully saturated rings. The van der Waals surface area contributed by atoms with Crippen molar-refractivity contribution in [3.8, 4) is 0 Å². The standard InChI is InChI=1S/C21H26O11/c1-3-9-6-21(32-17(9)26)5-4-10-11(18(27)28-2)8-29-19(13(10)21)31-20-16(25)15(24)14(23)12(7-22)30-20/h4-6,8,10,12-16,19-20,22-25H,3,7H2,1-2H3. The second-order valence-corrected chi connectivity index (χ2v) is 8.08. The van der Waals surface area contributed by atoms with E-state index in [2.05, 4.69) is 0 Å². The minimum absolute atomic E-state index is 0.189. The third-order valence-electron chi connectivity index (χ3n) is 6.30. The van der Waals surface area contributed by atoms with Gasteiger partial charge >= 0.3 is 11.9 Å². The zero-order chi connectivity index (χ0) is 23.2. The number of aliphatic hydroxyl groups is 4. The smallest absolute Gasteiger partial charge is 0.337 e. The molecule has 11 nitrogen and oxygen atoms in total. The molecule has 1 spiro atoms. The monoisotopic (exact) mass is 454 g/mol. The minimum Gasteiger partial charge on any atom is -0.471 e. The average Bonchev–Trinajstić information content (AvgIpc) is 3.33.